The fourth-order valence-electron chi connectivity index (χ4n) is 1.96. The Labute approximate surface area is 130 Å². The second-order valence-corrected chi connectivity index (χ2v) is 5.04. The Morgan fingerprint density at radius 2 is 1.30 bits per heavy atom. The summed E-state index contributed by atoms with van der Waals surface area (Å²) in [7, 11) is 2.89. The van der Waals surface area contributed by atoms with E-state index in [1.54, 1.807) is 0 Å². The lowest BCUT2D eigenvalue weighted by Gasteiger charge is -2.13. The summed E-state index contributed by atoms with van der Waals surface area (Å²) in [5, 5.41) is 0. The Morgan fingerprint density at radius 3 is 1.70 bits per heavy atom. The average Bonchev–Trinajstić information content (AvgIpc) is 2.49. The molecule has 0 atom stereocenters. The minimum atomic E-state index is -0.854. The highest BCUT2D eigenvalue weighted by atomic mass is 19.1. The van der Waals surface area contributed by atoms with E-state index in [9.17, 15) is 22.4 Å². The third-order valence-corrected chi connectivity index (χ3v) is 3.15. The van der Waals surface area contributed by atoms with Crippen LogP contribution in [0.3, 0.4) is 0 Å². The zero-order chi connectivity index (χ0) is 17.1. The quantitative estimate of drug-likeness (QED) is 0.622. The molecular formula is C17H13F4NO. The lowest BCUT2D eigenvalue weighted by atomic mass is 9.96. The van der Waals surface area contributed by atoms with E-state index in [2.05, 4.69) is 0 Å². The zero-order valence-electron chi connectivity index (χ0n) is 12.4. The van der Waals surface area contributed by atoms with Crippen molar-refractivity contribution in [2.24, 2.45) is 0 Å². The van der Waals surface area contributed by atoms with Gasteiger partial charge in [0.15, 0.2) is 0 Å². The van der Waals surface area contributed by atoms with Gasteiger partial charge in [-0.05, 0) is 36.4 Å². The first kappa shape index (κ1) is 16.7. The molecule has 0 saturated heterocycles. The first-order valence-electron chi connectivity index (χ1n) is 6.63. The summed E-state index contributed by atoms with van der Waals surface area (Å²) in [5.41, 5.74) is -0.896. The van der Waals surface area contributed by atoms with Gasteiger partial charge in [0.25, 0.3) is 0 Å². The normalized spacial score (nSPS) is 10.3. The Kier molecular flexibility index (Phi) is 4.83. The van der Waals surface area contributed by atoms with Crippen LogP contribution < -0.4 is 0 Å². The minimum Gasteiger partial charge on any atom is -0.345 e. The van der Waals surface area contributed by atoms with E-state index in [1.165, 1.54) is 19.0 Å². The van der Waals surface area contributed by atoms with Crippen molar-refractivity contribution < 1.29 is 22.4 Å². The minimum absolute atomic E-state index is 0.238. The number of carbonyl (C=O) groups excluding carboxylic acids is 1. The number of amides is 1. The monoisotopic (exact) mass is 323 g/mol. The molecule has 2 rings (SSSR count). The molecule has 0 aromatic heterocycles. The van der Waals surface area contributed by atoms with Crippen molar-refractivity contribution in [2.45, 2.75) is 0 Å². The van der Waals surface area contributed by atoms with Gasteiger partial charge < -0.3 is 4.90 Å². The Bertz CT molecular complexity index is 731. The summed E-state index contributed by atoms with van der Waals surface area (Å²) in [6.07, 6.45) is 0.940. The van der Waals surface area contributed by atoms with Crippen LogP contribution in [0, 0.1) is 23.3 Å². The van der Waals surface area contributed by atoms with Crippen LogP contribution in [0.1, 0.15) is 11.1 Å². The second kappa shape index (κ2) is 6.64. The lowest BCUT2D eigenvalue weighted by Crippen LogP contribution is -2.19. The van der Waals surface area contributed by atoms with Gasteiger partial charge in [-0.2, -0.15) is 0 Å². The molecule has 0 aliphatic heterocycles. The van der Waals surface area contributed by atoms with E-state index >= 15 is 0 Å². The largest absolute Gasteiger partial charge is 0.345 e. The topological polar surface area (TPSA) is 20.3 Å². The maximum absolute atomic E-state index is 14.0. The molecule has 0 fully saturated rings. The van der Waals surface area contributed by atoms with Crippen LogP contribution in [0.25, 0.3) is 5.57 Å². The van der Waals surface area contributed by atoms with Gasteiger partial charge in [0.1, 0.15) is 23.3 Å². The number of likely N-dealkylation sites (N-methyl/N-ethyl adjacent to an activating group) is 1. The summed E-state index contributed by atoms with van der Waals surface area (Å²) < 4.78 is 55.0. The smallest absolute Gasteiger partial charge is 0.246 e. The van der Waals surface area contributed by atoms with Gasteiger partial charge in [-0.3, -0.25) is 4.79 Å². The van der Waals surface area contributed by atoms with Crippen LogP contribution >= 0.6 is 0 Å². The van der Waals surface area contributed by atoms with E-state index in [-0.39, 0.29) is 16.7 Å². The first-order chi connectivity index (χ1) is 10.8. The van der Waals surface area contributed by atoms with Crippen LogP contribution in [-0.4, -0.2) is 24.9 Å². The molecule has 2 aromatic carbocycles. The zero-order valence-corrected chi connectivity index (χ0v) is 12.4. The van der Waals surface area contributed by atoms with Crippen molar-refractivity contribution in [3.05, 3.63) is 76.9 Å². The van der Waals surface area contributed by atoms with E-state index in [4.69, 9.17) is 0 Å². The Balaban J connectivity index is 2.73. The molecule has 0 aliphatic rings. The standard InChI is InChI=1S/C17H13F4NO/c1-22(2)17(23)9-12(13-7-10(18)3-5-15(13)20)14-8-11(19)4-6-16(14)21/h3-9H,1-2H3. The molecule has 0 radical (unpaired) electrons. The summed E-state index contributed by atoms with van der Waals surface area (Å²) >= 11 is 0. The van der Waals surface area contributed by atoms with Gasteiger partial charge in [-0.15, -0.1) is 0 Å². The van der Waals surface area contributed by atoms with E-state index in [0.717, 1.165) is 42.5 Å². The summed E-state index contributed by atoms with van der Waals surface area (Å²) in [5.74, 6) is -3.81. The summed E-state index contributed by atoms with van der Waals surface area (Å²) in [6.45, 7) is 0. The van der Waals surface area contributed by atoms with E-state index in [1.807, 2.05) is 0 Å². The predicted molar refractivity (Wildman–Crippen MR) is 78.5 cm³/mol. The van der Waals surface area contributed by atoms with Crippen molar-refractivity contribution in [1.29, 1.82) is 0 Å². The second-order valence-electron chi connectivity index (χ2n) is 5.04. The molecule has 23 heavy (non-hydrogen) atoms. The van der Waals surface area contributed by atoms with Gasteiger partial charge in [-0.1, -0.05) is 0 Å². The molecule has 0 bridgehead atoms. The van der Waals surface area contributed by atoms with Crippen molar-refractivity contribution in [3.8, 4) is 0 Å². The number of hydrogen-bond donors (Lipinski definition) is 0. The molecule has 0 saturated carbocycles. The van der Waals surface area contributed by atoms with Gasteiger partial charge in [0.05, 0.1) is 0 Å². The number of hydrogen-bond acceptors (Lipinski definition) is 1. The van der Waals surface area contributed by atoms with Crippen LogP contribution in [0.2, 0.25) is 0 Å². The highest BCUT2D eigenvalue weighted by Gasteiger charge is 2.18. The van der Waals surface area contributed by atoms with Crippen molar-refractivity contribution in [3.63, 3.8) is 0 Å². The van der Waals surface area contributed by atoms with Crippen LogP contribution in [-0.2, 0) is 4.79 Å². The first-order valence-corrected chi connectivity index (χ1v) is 6.63. The predicted octanol–water partition coefficient (Wildman–Crippen LogP) is 3.76. The number of halogens is 4. The SMILES string of the molecule is CN(C)C(=O)C=C(c1cc(F)ccc1F)c1cc(F)ccc1F. The lowest BCUT2D eigenvalue weighted by molar-refractivity contribution is -0.123. The average molecular weight is 323 g/mol. The molecule has 0 heterocycles. The highest BCUT2D eigenvalue weighted by Crippen LogP contribution is 2.29. The summed E-state index contributed by atoms with van der Waals surface area (Å²) in [4.78, 5) is 13.1. The van der Waals surface area contributed by atoms with Crippen molar-refractivity contribution in [1.82, 2.24) is 4.90 Å². The summed E-state index contributed by atoms with van der Waals surface area (Å²) in [6, 6.07) is 5.16. The van der Waals surface area contributed by atoms with Crippen molar-refractivity contribution in [2.75, 3.05) is 14.1 Å². The van der Waals surface area contributed by atoms with Crippen LogP contribution in [0.4, 0.5) is 17.6 Å². The van der Waals surface area contributed by atoms with Crippen LogP contribution in [0.15, 0.2) is 42.5 Å². The third-order valence-electron chi connectivity index (χ3n) is 3.15. The molecule has 2 nitrogen and oxygen atoms in total. The number of carbonyl (C=O) groups is 1. The number of benzene rings is 2. The fourth-order valence-corrected chi connectivity index (χ4v) is 1.96. The Morgan fingerprint density at radius 1 is 0.870 bits per heavy atom. The maximum Gasteiger partial charge on any atom is 0.246 e. The molecule has 0 spiro atoms. The highest BCUT2D eigenvalue weighted by molar-refractivity contribution is 5.99. The van der Waals surface area contributed by atoms with Crippen LogP contribution in [0.5, 0.6) is 0 Å². The van der Waals surface area contributed by atoms with Gasteiger partial charge in [0.2, 0.25) is 5.91 Å². The van der Waals surface area contributed by atoms with Crippen molar-refractivity contribution >= 4 is 11.5 Å². The van der Waals surface area contributed by atoms with Gasteiger partial charge >= 0.3 is 0 Å². The molecule has 0 unspecified atom stereocenters. The van der Waals surface area contributed by atoms with E-state index < -0.39 is 29.2 Å². The number of nitrogens with zero attached hydrogens (tertiary/aromatic N) is 1. The maximum atomic E-state index is 14.0. The molecular weight excluding hydrogens is 310 g/mol. The van der Waals surface area contributed by atoms with E-state index in [0.29, 0.717) is 0 Å². The third kappa shape index (κ3) is 3.77. The number of rotatable bonds is 3. The molecule has 6 heteroatoms. The molecule has 1 amide bonds. The fraction of sp³-hybridized carbons (Fsp3) is 0.118. The van der Waals surface area contributed by atoms with Gasteiger partial charge in [0, 0.05) is 36.9 Å². The Hall–Kier alpha value is -2.63. The molecule has 2 aromatic rings. The molecule has 120 valence electrons. The van der Waals surface area contributed by atoms with Gasteiger partial charge in [-0.25, -0.2) is 17.6 Å². The molecule has 0 N–H and O–H groups in total. The molecule has 0 aliphatic carbocycles.